The molecule has 2 aromatic carbocycles. The average Bonchev–Trinajstić information content (AvgIpc) is 2.56. The van der Waals surface area contributed by atoms with Crippen LogP contribution in [0.5, 0.6) is 0 Å². The Morgan fingerprint density at radius 2 is 1.65 bits per heavy atom. The molecular formula is C19H19N3O. The number of hydrogen-bond acceptors (Lipinski definition) is 3. The number of carbonyl (C=O) groups is 1. The second kappa shape index (κ2) is 7.90. The van der Waals surface area contributed by atoms with Gasteiger partial charge in [0.2, 0.25) is 0 Å². The van der Waals surface area contributed by atoms with Gasteiger partial charge < -0.3 is 0 Å². The van der Waals surface area contributed by atoms with Crippen LogP contribution in [0.3, 0.4) is 0 Å². The third-order valence-corrected chi connectivity index (χ3v) is 3.39. The van der Waals surface area contributed by atoms with Gasteiger partial charge in [-0.2, -0.15) is 10.4 Å². The largest absolute Gasteiger partial charge is 0.273 e. The normalized spacial score (nSPS) is 10.5. The number of nitriles is 1. The Balaban J connectivity index is 2.18. The minimum atomic E-state index is -0.205. The van der Waals surface area contributed by atoms with E-state index in [9.17, 15) is 4.79 Å². The van der Waals surface area contributed by atoms with Crippen molar-refractivity contribution in [1.29, 1.82) is 5.26 Å². The molecule has 0 saturated heterocycles. The van der Waals surface area contributed by atoms with Gasteiger partial charge >= 0.3 is 0 Å². The maximum absolute atomic E-state index is 12.5. The van der Waals surface area contributed by atoms with Crippen LogP contribution in [0.15, 0.2) is 53.6 Å². The van der Waals surface area contributed by atoms with Crippen molar-refractivity contribution in [3.63, 3.8) is 0 Å². The molecule has 0 aromatic heterocycles. The highest BCUT2D eigenvalue weighted by Gasteiger charge is 2.14. The molecule has 0 heterocycles. The van der Waals surface area contributed by atoms with Crippen LogP contribution in [0.2, 0.25) is 0 Å². The average molecular weight is 305 g/mol. The lowest BCUT2D eigenvalue weighted by Gasteiger charge is -2.15. The maximum Gasteiger partial charge on any atom is 0.273 e. The summed E-state index contributed by atoms with van der Waals surface area (Å²) in [5, 5.41) is 14.4. The zero-order valence-electron chi connectivity index (χ0n) is 13.4. The molecule has 0 saturated carbocycles. The summed E-state index contributed by atoms with van der Waals surface area (Å²) in [6.07, 6.45) is 1.88. The number of amides is 1. The standard InChI is InChI=1S/C19H19N3O/c1-15-4-8-17(9-5-15)14-21-22(13-3-12-20)19(23)18-10-6-16(2)7-11-18/h4-11,14H,3,13H2,1-2H3/b21-14-. The molecule has 0 aliphatic carbocycles. The Kier molecular flexibility index (Phi) is 5.65. The zero-order valence-corrected chi connectivity index (χ0v) is 13.4. The van der Waals surface area contributed by atoms with Gasteiger partial charge in [0.25, 0.3) is 5.91 Å². The quantitative estimate of drug-likeness (QED) is 0.625. The molecule has 1 amide bonds. The van der Waals surface area contributed by atoms with Crippen molar-refractivity contribution in [2.24, 2.45) is 5.10 Å². The van der Waals surface area contributed by atoms with Crippen LogP contribution in [0, 0.1) is 25.2 Å². The van der Waals surface area contributed by atoms with E-state index < -0.39 is 0 Å². The topological polar surface area (TPSA) is 56.5 Å². The van der Waals surface area contributed by atoms with Crippen LogP contribution in [-0.4, -0.2) is 23.7 Å². The molecule has 0 spiro atoms. The fourth-order valence-corrected chi connectivity index (χ4v) is 2.00. The Hall–Kier alpha value is -2.93. The molecule has 2 aromatic rings. The molecule has 0 unspecified atom stereocenters. The third kappa shape index (κ3) is 4.79. The summed E-state index contributed by atoms with van der Waals surface area (Å²) in [7, 11) is 0. The summed E-state index contributed by atoms with van der Waals surface area (Å²) in [5.41, 5.74) is 3.73. The second-order valence-electron chi connectivity index (χ2n) is 5.36. The summed E-state index contributed by atoms with van der Waals surface area (Å²) < 4.78 is 0. The fourth-order valence-electron chi connectivity index (χ4n) is 2.00. The van der Waals surface area contributed by atoms with Crippen molar-refractivity contribution in [1.82, 2.24) is 5.01 Å². The fraction of sp³-hybridized carbons (Fsp3) is 0.211. The molecule has 0 radical (unpaired) electrons. The van der Waals surface area contributed by atoms with E-state index in [-0.39, 0.29) is 18.9 Å². The lowest BCUT2D eigenvalue weighted by atomic mass is 10.1. The van der Waals surface area contributed by atoms with Gasteiger partial charge in [0.1, 0.15) is 0 Å². The van der Waals surface area contributed by atoms with Gasteiger partial charge in [-0.15, -0.1) is 0 Å². The van der Waals surface area contributed by atoms with E-state index in [0.717, 1.165) is 11.1 Å². The Morgan fingerprint density at radius 3 is 2.22 bits per heavy atom. The Morgan fingerprint density at radius 1 is 1.09 bits per heavy atom. The van der Waals surface area contributed by atoms with Crippen molar-refractivity contribution in [2.45, 2.75) is 20.3 Å². The molecule has 0 bridgehead atoms. The van der Waals surface area contributed by atoms with Gasteiger partial charge in [-0.25, -0.2) is 5.01 Å². The van der Waals surface area contributed by atoms with Crippen molar-refractivity contribution in [3.05, 3.63) is 70.8 Å². The lowest BCUT2D eigenvalue weighted by molar-refractivity contribution is 0.0765. The number of carbonyl (C=O) groups excluding carboxylic acids is 1. The monoisotopic (exact) mass is 305 g/mol. The van der Waals surface area contributed by atoms with Crippen LogP contribution < -0.4 is 0 Å². The SMILES string of the molecule is Cc1ccc(/C=N\N(CCC#N)C(=O)c2ccc(C)cc2)cc1. The van der Waals surface area contributed by atoms with Gasteiger partial charge in [-0.3, -0.25) is 4.79 Å². The Bertz CT molecular complexity index is 725. The molecule has 23 heavy (non-hydrogen) atoms. The molecule has 2 rings (SSSR count). The van der Waals surface area contributed by atoms with Gasteiger partial charge in [-0.1, -0.05) is 47.5 Å². The number of hydrazone groups is 1. The highest BCUT2D eigenvalue weighted by Crippen LogP contribution is 2.09. The van der Waals surface area contributed by atoms with Crippen LogP contribution >= 0.6 is 0 Å². The number of benzene rings is 2. The van der Waals surface area contributed by atoms with Crippen LogP contribution in [0.4, 0.5) is 0 Å². The van der Waals surface area contributed by atoms with E-state index in [2.05, 4.69) is 11.2 Å². The van der Waals surface area contributed by atoms with Crippen LogP contribution in [0.25, 0.3) is 0 Å². The highest BCUT2D eigenvalue weighted by atomic mass is 16.2. The number of rotatable bonds is 5. The number of aryl methyl sites for hydroxylation is 2. The van der Waals surface area contributed by atoms with Gasteiger partial charge in [0.15, 0.2) is 0 Å². The first-order valence-electron chi connectivity index (χ1n) is 7.46. The second-order valence-corrected chi connectivity index (χ2v) is 5.36. The summed E-state index contributed by atoms with van der Waals surface area (Å²) >= 11 is 0. The summed E-state index contributed by atoms with van der Waals surface area (Å²) in [4.78, 5) is 12.5. The predicted molar refractivity (Wildman–Crippen MR) is 91.2 cm³/mol. The minimum Gasteiger partial charge on any atom is -0.267 e. The van der Waals surface area contributed by atoms with Crippen LogP contribution in [-0.2, 0) is 0 Å². The van der Waals surface area contributed by atoms with E-state index in [4.69, 9.17) is 5.26 Å². The van der Waals surface area contributed by atoms with Crippen LogP contribution in [0.1, 0.15) is 33.5 Å². The Labute approximate surface area is 136 Å². The molecule has 4 nitrogen and oxygen atoms in total. The van der Waals surface area contributed by atoms with Gasteiger partial charge in [0, 0.05) is 5.56 Å². The number of hydrogen-bond donors (Lipinski definition) is 0. The van der Waals surface area contributed by atoms with E-state index in [1.165, 1.54) is 10.6 Å². The van der Waals surface area contributed by atoms with E-state index in [1.807, 2.05) is 50.2 Å². The summed E-state index contributed by atoms with van der Waals surface area (Å²) in [6.45, 7) is 4.25. The highest BCUT2D eigenvalue weighted by molar-refractivity contribution is 5.95. The molecule has 0 aliphatic rings. The molecule has 4 heteroatoms. The molecule has 0 atom stereocenters. The van der Waals surface area contributed by atoms with Crippen molar-refractivity contribution in [2.75, 3.05) is 6.54 Å². The molecule has 0 aliphatic heterocycles. The lowest BCUT2D eigenvalue weighted by Crippen LogP contribution is -2.27. The van der Waals surface area contributed by atoms with E-state index >= 15 is 0 Å². The smallest absolute Gasteiger partial charge is 0.267 e. The first-order valence-corrected chi connectivity index (χ1v) is 7.46. The minimum absolute atomic E-state index is 0.205. The maximum atomic E-state index is 12.5. The molecular weight excluding hydrogens is 286 g/mol. The van der Waals surface area contributed by atoms with E-state index in [0.29, 0.717) is 5.56 Å². The van der Waals surface area contributed by atoms with Crippen molar-refractivity contribution in [3.8, 4) is 6.07 Å². The summed E-state index contributed by atoms with van der Waals surface area (Å²) in [5.74, 6) is -0.205. The van der Waals surface area contributed by atoms with Crippen molar-refractivity contribution >= 4 is 12.1 Å². The van der Waals surface area contributed by atoms with Gasteiger partial charge in [-0.05, 0) is 31.5 Å². The zero-order chi connectivity index (χ0) is 16.7. The van der Waals surface area contributed by atoms with Gasteiger partial charge in [0.05, 0.1) is 25.2 Å². The predicted octanol–water partition coefficient (Wildman–Crippen LogP) is 3.69. The molecule has 116 valence electrons. The van der Waals surface area contributed by atoms with Crippen molar-refractivity contribution < 1.29 is 4.79 Å². The summed E-state index contributed by atoms with van der Waals surface area (Å²) in [6, 6.07) is 17.2. The third-order valence-electron chi connectivity index (χ3n) is 3.39. The molecule has 0 N–H and O–H groups in total. The first kappa shape index (κ1) is 16.4. The number of nitrogens with zero attached hydrogens (tertiary/aromatic N) is 3. The van der Waals surface area contributed by atoms with E-state index in [1.54, 1.807) is 18.3 Å². The first-order chi connectivity index (χ1) is 11.1. The molecule has 0 fully saturated rings.